The molecule has 20 heavy (non-hydrogen) atoms. The van der Waals surface area contributed by atoms with Crippen LogP contribution in [0.4, 0.5) is 5.69 Å². The smallest absolute Gasteiger partial charge is 0.273 e. The number of hydrogen-bond acceptors (Lipinski definition) is 3. The van der Waals surface area contributed by atoms with Crippen LogP contribution >= 0.6 is 11.6 Å². The Morgan fingerprint density at radius 1 is 1.25 bits per heavy atom. The van der Waals surface area contributed by atoms with E-state index < -0.39 is 4.92 Å². The Balaban J connectivity index is 2.26. The van der Waals surface area contributed by atoms with Crippen molar-refractivity contribution in [2.24, 2.45) is 0 Å². The van der Waals surface area contributed by atoms with Gasteiger partial charge in [0.15, 0.2) is 5.78 Å². The van der Waals surface area contributed by atoms with E-state index in [1.54, 1.807) is 43.3 Å². The van der Waals surface area contributed by atoms with Gasteiger partial charge in [0.05, 0.1) is 4.92 Å². The summed E-state index contributed by atoms with van der Waals surface area (Å²) >= 11 is 5.86. The molecule has 4 nitrogen and oxygen atoms in total. The number of nitrogens with zero attached hydrogens (tertiary/aromatic N) is 1. The third-order valence-corrected chi connectivity index (χ3v) is 3.22. The van der Waals surface area contributed by atoms with Crippen molar-refractivity contribution in [1.29, 1.82) is 0 Å². The van der Waals surface area contributed by atoms with Crippen LogP contribution in [0.3, 0.4) is 0 Å². The maximum absolute atomic E-state index is 12.1. The first-order valence-electron chi connectivity index (χ1n) is 6.00. The van der Waals surface area contributed by atoms with Crippen LogP contribution in [-0.4, -0.2) is 10.7 Å². The first-order valence-corrected chi connectivity index (χ1v) is 6.38. The van der Waals surface area contributed by atoms with Crippen molar-refractivity contribution in [2.45, 2.75) is 13.3 Å². The van der Waals surface area contributed by atoms with Crippen molar-refractivity contribution in [3.63, 3.8) is 0 Å². The number of hydrogen-bond donors (Lipinski definition) is 0. The van der Waals surface area contributed by atoms with Crippen molar-refractivity contribution >= 4 is 23.1 Å². The summed E-state index contributed by atoms with van der Waals surface area (Å²) in [7, 11) is 0. The van der Waals surface area contributed by atoms with Crippen LogP contribution in [0.25, 0.3) is 0 Å². The maximum atomic E-state index is 12.1. The zero-order chi connectivity index (χ0) is 14.7. The molecule has 0 saturated carbocycles. The lowest BCUT2D eigenvalue weighted by molar-refractivity contribution is -0.385. The molecule has 0 amide bonds. The van der Waals surface area contributed by atoms with Gasteiger partial charge in [0, 0.05) is 28.6 Å². The van der Waals surface area contributed by atoms with Gasteiger partial charge in [-0.2, -0.15) is 0 Å². The van der Waals surface area contributed by atoms with Crippen LogP contribution in [-0.2, 0) is 6.42 Å². The van der Waals surface area contributed by atoms with Gasteiger partial charge in [-0.25, -0.2) is 0 Å². The van der Waals surface area contributed by atoms with Gasteiger partial charge in [-0.05, 0) is 24.6 Å². The lowest BCUT2D eigenvalue weighted by Gasteiger charge is -2.04. The van der Waals surface area contributed by atoms with E-state index in [2.05, 4.69) is 0 Å². The Hall–Kier alpha value is -2.20. The van der Waals surface area contributed by atoms with Gasteiger partial charge in [-0.15, -0.1) is 0 Å². The highest BCUT2D eigenvalue weighted by Gasteiger charge is 2.15. The molecule has 0 saturated heterocycles. The Bertz CT molecular complexity index is 683. The Kier molecular flexibility index (Phi) is 4.15. The minimum atomic E-state index is -0.481. The molecule has 0 unspecified atom stereocenters. The van der Waals surface area contributed by atoms with Gasteiger partial charge in [0.1, 0.15) is 0 Å². The molecule has 2 rings (SSSR count). The second-order valence-corrected chi connectivity index (χ2v) is 4.92. The molecule has 0 N–H and O–H groups in total. The molecule has 0 aromatic heterocycles. The summed E-state index contributed by atoms with van der Waals surface area (Å²) in [6.45, 7) is 1.64. The number of Topliss-reactive ketones (excluding diaryl/α,β-unsaturated/α-hetero) is 1. The molecule has 2 aromatic carbocycles. The summed E-state index contributed by atoms with van der Waals surface area (Å²) in [6, 6.07) is 11.5. The molecule has 0 heterocycles. The average molecular weight is 290 g/mol. The molecular formula is C15H12ClNO3. The predicted octanol–water partition coefficient (Wildman–Crippen LogP) is 3.98. The molecule has 0 atom stereocenters. The van der Waals surface area contributed by atoms with Crippen molar-refractivity contribution in [3.8, 4) is 0 Å². The highest BCUT2D eigenvalue weighted by atomic mass is 35.5. The van der Waals surface area contributed by atoms with Crippen LogP contribution in [0.5, 0.6) is 0 Å². The number of nitro benzene ring substituents is 1. The van der Waals surface area contributed by atoms with Crippen molar-refractivity contribution in [2.75, 3.05) is 0 Å². The summed E-state index contributed by atoms with van der Waals surface area (Å²) < 4.78 is 0. The molecule has 5 heteroatoms. The molecule has 0 aliphatic carbocycles. The highest BCUT2D eigenvalue weighted by molar-refractivity contribution is 6.30. The maximum Gasteiger partial charge on any atom is 0.273 e. The van der Waals surface area contributed by atoms with Gasteiger partial charge in [-0.3, -0.25) is 14.9 Å². The summed E-state index contributed by atoms with van der Waals surface area (Å²) in [6.07, 6.45) is 0.167. The second-order valence-electron chi connectivity index (χ2n) is 4.49. The number of aryl methyl sites for hydroxylation is 1. The summed E-state index contributed by atoms with van der Waals surface area (Å²) in [4.78, 5) is 22.5. The number of ketones is 1. The van der Waals surface area contributed by atoms with Crippen molar-refractivity contribution < 1.29 is 9.72 Å². The quantitative estimate of drug-likeness (QED) is 0.486. The van der Waals surface area contributed by atoms with Crippen LogP contribution in [0, 0.1) is 17.0 Å². The monoisotopic (exact) mass is 289 g/mol. The molecule has 0 fully saturated rings. The van der Waals surface area contributed by atoms with Crippen LogP contribution in [0.15, 0.2) is 42.5 Å². The van der Waals surface area contributed by atoms with Gasteiger partial charge in [0.2, 0.25) is 0 Å². The Labute approximate surface area is 121 Å². The third kappa shape index (κ3) is 3.22. The molecule has 2 aromatic rings. The number of carbonyl (C=O) groups excluding carboxylic acids is 1. The van der Waals surface area contributed by atoms with Crippen molar-refractivity contribution in [3.05, 3.63) is 74.3 Å². The molecule has 0 aliphatic rings. The number of carbonyl (C=O) groups is 1. The van der Waals surface area contributed by atoms with Gasteiger partial charge in [-0.1, -0.05) is 35.9 Å². The minimum absolute atomic E-state index is 0.0399. The zero-order valence-electron chi connectivity index (χ0n) is 10.8. The first kappa shape index (κ1) is 14.2. The molecule has 0 aliphatic heterocycles. The van der Waals surface area contributed by atoms with E-state index in [0.717, 1.165) is 5.56 Å². The summed E-state index contributed by atoms with van der Waals surface area (Å²) in [5, 5.41) is 11.4. The van der Waals surface area contributed by atoms with Crippen molar-refractivity contribution in [1.82, 2.24) is 0 Å². The van der Waals surface area contributed by atoms with E-state index in [1.807, 2.05) is 0 Å². The fraction of sp³-hybridized carbons (Fsp3) is 0.133. The second kappa shape index (κ2) is 5.84. The van der Waals surface area contributed by atoms with Crippen LogP contribution in [0.1, 0.15) is 21.5 Å². The van der Waals surface area contributed by atoms with Gasteiger partial charge < -0.3 is 0 Å². The van der Waals surface area contributed by atoms with E-state index >= 15 is 0 Å². The topological polar surface area (TPSA) is 60.2 Å². The zero-order valence-corrected chi connectivity index (χ0v) is 11.6. The average Bonchev–Trinajstić information content (AvgIpc) is 2.38. The van der Waals surface area contributed by atoms with Gasteiger partial charge >= 0.3 is 0 Å². The number of rotatable bonds is 4. The molecule has 102 valence electrons. The SMILES string of the molecule is Cc1ccc(C(=O)Cc2cccc(Cl)c2)cc1[N+](=O)[O-]. The summed E-state index contributed by atoms with van der Waals surface area (Å²) in [5.74, 6) is -0.171. The fourth-order valence-corrected chi connectivity index (χ4v) is 2.13. The lowest BCUT2D eigenvalue weighted by atomic mass is 10.0. The molecule has 0 spiro atoms. The normalized spacial score (nSPS) is 10.3. The third-order valence-electron chi connectivity index (χ3n) is 2.98. The largest absolute Gasteiger partial charge is 0.294 e. The highest BCUT2D eigenvalue weighted by Crippen LogP contribution is 2.21. The summed E-state index contributed by atoms with van der Waals surface area (Å²) in [5.41, 5.74) is 1.62. The van der Waals surface area contributed by atoms with Crippen LogP contribution < -0.4 is 0 Å². The molecule has 0 bridgehead atoms. The van der Waals surface area contributed by atoms with E-state index in [4.69, 9.17) is 11.6 Å². The fourth-order valence-electron chi connectivity index (χ4n) is 1.91. The van der Waals surface area contributed by atoms with Crippen LogP contribution in [0.2, 0.25) is 5.02 Å². The minimum Gasteiger partial charge on any atom is -0.294 e. The van der Waals surface area contributed by atoms with Gasteiger partial charge in [0.25, 0.3) is 5.69 Å². The number of benzene rings is 2. The predicted molar refractivity (Wildman–Crippen MR) is 77.3 cm³/mol. The van der Waals surface area contributed by atoms with E-state index in [-0.39, 0.29) is 17.9 Å². The Morgan fingerprint density at radius 3 is 2.65 bits per heavy atom. The standard InChI is InChI=1S/C15H12ClNO3/c1-10-5-6-12(9-14(10)17(19)20)15(18)8-11-3-2-4-13(16)7-11/h2-7,9H,8H2,1H3. The first-order chi connectivity index (χ1) is 9.47. The lowest BCUT2D eigenvalue weighted by Crippen LogP contribution is -2.05. The van der Waals surface area contributed by atoms with E-state index in [9.17, 15) is 14.9 Å². The number of halogens is 1. The van der Waals surface area contributed by atoms with E-state index in [1.165, 1.54) is 6.07 Å². The molecular weight excluding hydrogens is 278 g/mol. The number of nitro groups is 1. The van der Waals surface area contributed by atoms with E-state index in [0.29, 0.717) is 16.1 Å². The Morgan fingerprint density at radius 2 is 2.00 bits per heavy atom. The molecule has 0 radical (unpaired) electrons.